The molecule has 1 aromatic heterocycles. The maximum Gasteiger partial charge on any atom is 0.225 e. The first kappa shape index (κ1) is 10.7. The number of aromatic nitrogens is 1. The van der Waals surface area contributed by atoms with Crippen molar-refractivity contribution < 1.29 is 21.5 Å². The van der Waals surface area contributed by atoms with E-state index in [2.05, 4.69) is 41.3 Å². The highest BCUT2D eigenvalue weighted by Crippen LogP contribution is 2.14. The van der Waals surface area contributed by atoms with Crippen LogP contribution in [0.3, 0.4) is 0 Å². The van der Waals surface area contributed by atoms with Gasteiger partial charge in [0.2, 0.25) is 11.0 Å². The summed E-state index contributed by atoms with van der Waals surface area (Å²) >= 11 is 1.82. The zero-order chi connectivity index (χ0) is 8.39. The summed E-state index contributed by atoms with van der Waals surface area (Å²) in [5, 5.41) is 0. The van der Waals surface area contributed by atoms with Gasteiger partial charge in [-0.1, -0.05) is 30.4 Å². The fourth-order valence-corrected chi connectivity index (χ4v) is 2.31. The summed E-state index contributed by atoms with van der Waals surface area (Å²) in [4.78, 5) is 0. The summed E-state index contributed by atoms with van der Waals surface area (Å²) in [7, 11) is 0. The Balaban J connectivity index is 0.000000845. The van der Waals surface area contributed by atoms with Crippen LogP contribution in [0.1, 0.15) is 13.3 Å². The number of fused-ring (bicyclic) bond motifs is 1. The molecule has 0 spiro atoms. The van der Waals surface area contributed by atoms with Crippen molar-refractivity contribution in [3.8, 4) is 0 Å². The van der Waals surface area contributed by atoms with Gasteiger partial charge in [-0.2, -0.15) is 4.57 Å². The van der Waals surface area contributed by atoms with Gasteiger partial charge in [-0.15, -0.1) is 0 Å². The molecular weight excluding hydrogens is 246 g/mol. The minimum atomic E-state index is 0. The topological polar surface area (TPSA) is 3.88 Å². The first-order valence-corrected chi connectivity index (χ1v) is 5.15. The van der Waals surface area contributed by atoms with Crippen molar-refractivity contribution in [3.63, 3.8) is 0 Å². The summed E-state index contributed by atoms with van der Waals surface area (Å²) in [6, 6.07) is 8.55. The van der Waals surface area contributed by atoms with Gasteiger partial charge in [0.05, 0.1) is 0 Å². The lowest BCUT2D eigenvalue weighted by atomic mass is 10.3. The molecule has 0 N–H and O–H groups in total. The average molecular weight is 258 g/mol. The second kappa shape index (κ2) is 4.72. The molecule has 0 saturated carbocycles. The van der Waals surface area contributed by atoms with Gasteiger partial charge >= 0.3 is 0 Å². The summed E-state index contributed by atoms with van der Waals surface area (Å²) < 4.78 is 3.70. The highest BCUT2D eigenvalue weighted by molar-refractivity contribution is 7.16. The van der Waals surface area contributed by atoms with E-state index in [0.29, 0.717) is 0 Å². The smallest absolute Gasteiger partial charge is 0.225 e. The zero-order valence-electron chi connectivity index (χ0n) is 7.53. The third kappa shape index (κ3) is 2.09. The molecule has 0 amide bonds. The molecule has 1 nitrogen and oxygen atoms in total. The van der Waals surface area contributed by atoms with Gasteiger partial charge in [0.15, 0.2) is 0 Å². The predicted octanol–water partition coefficient (Wildman–Crippen LogP) is -0.397. The van der Waals surface area contributed by atoms with Gasteiger partial charge in [0.1, 0.15) is 11.2 Å². The third-order valence-electron chi connectivity index (χ3n) is 1.95. The van der Waals surface area contributed by atoms with Crippen LogP contribution in [0.4, 0.5) is 0 Å². The Morgan fingerprint density at radius 1 is 1.31 bits per heavy atom. The van der Waals surface area contributed by atoms with Gasteiger partial charge in [0.25, 0.3) is 0 Å². The van der Waals surface area contributed by atoms with E-state index >= 15 is 0 Å². The van der Waals surface area contributed by atoms with E-state index in [1.807, 2.05) is 11.3 Å². The van der Waals surface area contributed by atoms with Crippen LogP contribution in [0.15, 0.2) is 29.8 Å². The molecule has 0 radical (unpaired) electrons. The molecule has 0 saturated heterocycles. The van der Waals surface area contributed by atoms with Crippen molar-refractivity contribution >= 4 is 21.6 Å². The molecule has 0 bridgehead atoms. The Hall–Kier alpha value is -0.410. The third-order valence-corrected chi connectivity index (χ3v) is 2.91. The molecule has 2 aromatic rings. The van der Waals surface area contributed by atoms with Crippen molar-refractivity contribution in [1.29, 1.82) is 0 Å². The van der Waals surface area contributed by atoms with Crippen molar-refractivity contribution in [2.45, 2.75) is 19.9 Å². The largest absolute Gasteiger partial charge is 1.00 e. The molecule has 1 heterocycles. The lowest BCUT2D eigenvalue weighted by Crippen LogP contribution is -3.00. The molecule has 70 valence electrons. The Kier molecular flexibility index (Phi) is 3.88. The number of rotatable bonds is 2. The number of halogens is 1. The van der Waals surface area contributed by atoms with Gasteiger partial charge in [0, 0.05) is 12.5 Å². The van der Waals surface area contributed by atoms with Gasteiger partial charge in [-0.3, -0.25) is 0 Å². The number of thiazole rings is 1. The number of benzene rings is 1. The van der Waals surface area contributed by atoms with Crippen LogP contribution in [0, 0.1) is 0 Å². The summed E-state index contributed by atoms with van der Waals surface area (Å²) in [6.45, 7) is 3.34. The van der Waals surface area contributed by atoms with E-state index < -0.39 is 0 Å². The highest BCUT2D eigenvalue weighted by Gasteiger charge is 2.08. The number of hydrogen-bond acceptors (Lipinski definition) is 1. The maximum absolute atomic E-state index is 2.32. The van der Waals surface area contributed by atoms with Crippen LogP contribution < -0.4 is 21.5 Å². The Bertz CT molecular complexity index is 383. The molecule has 13 heavy (non-hydrogen) atoms. The number of aryl methyl sites for hydroxylation is 1. The maximum atomic E-state index is 2.32. The van der Waals surface area contributed by atoms with Gasteiger partial charge < -0.3 is 17.0 Å². The van der Waals surface area contributed by atoms with Gasteiger partial charge in [-0.05, 0) is 6.07 Å². The fourth-order valence-electron chi connectivity index (χ4n) is 1.39. The van der Waals surface area contributed by atoms with Crippen molar-refractivity contribution in [2.75, 3.05) is 0 Å². The number of nitrogens with zero attached hydrogens (tertiary/aromatic N) is 1. The van der Waals surface area contributed by atoms with Crippen molar-refractivity contribution in [3.05, 3.63) is 29.8 Å². The molecule has 0 aliphatic heterocycles. The van der Waals surface area contributed by atoms with E-state index in [1.54, 1.807) is 0 Å². The molecule has 1 aromatic carbocycles. The first-order valence-electron chi connectivity index (χ1n) is 4.27. The normalized spacial score (nSPS) is 9.92. The molecule has 0 unspecified atom stereocenters. The summed E-state index contributed by atoms with van der Waals surface area (Å²) in [5.74, 6) is 0. The second-order valence-electron chi connectivity index (χ2n) is 2.88. The number of hydrogen-bond donors (Lipinski definition) is 0. The Morgan fingerprint density at radius 2 is 2.08 bits per heavy atom. The van der Waals surface area contributed by atoms with E-state index in [0.717, 1.165) is 6.54 Å². The van der Waals surface area contributed by atoms with Gasteiger partial charge in [-0.25, -0.2) is 0 Å². The molecule has 2 rings (SSSR count). The van der Waals surface area contributed by atoms with E-state index in [1.165, 1.54) is 16.6 Å². The van der Waals surface area contributed by atoms with Crippen LogP contribution in [-0.2, 0) is 6.54 Å². The fraction of sp³-hybridized carbons (Fsp3) is 0.300. The standard InChI is InChI=1S/C10H12NS.BrH/c1-2-7-11-8-12-10-6-4-3-5-9(10)11;/h3-6,8H,2,7H2,1H3;1H/q+1;/p-1. The molecule has 0 fully saturated rings. The van der Waals surface area contributed by atoms with E-state index in [-0.39, 0.29) is 17.0 Å². The number of para-hydroxylation sites is 1. The molecule has 0 aliphatic carbocycles. The van der Waals surface area contributed by atoms with Crippen LogP contribution in [0.25, 0.3) is 10.2 Å². The Morgan fingerprint density at radius 3 is 2.85 bits per heavy atom. The first-order chi connectivity index (χ1) is 5.92. The van der Waals surface area contributed by atoms with Crippen molar-refractivity contribution in [1.82, 2.24) is 0 Å². The SMILES string of the molecule is CCC[n+]1csc2ccccc21.[Br-]. The minimum absolute atomic E-state index is 0. The van der Waals surface area contributed by atoms with Crippen LogP contribution in [0.2, 0.25) is 0 Å². The molecule has 3 heteroatoms. The monoisotopic (exact) mass is 257 g/mol. The van der Waals surface area contributed by atoms with E-state index in [4.69, 9.17) is 0 Å². The zero-order valence-corrected chi connectivity index (χ0v) is 9.94. The Labute approximate surface area is 92.8 Å². The predicted molar refractivity (Wildman–Crippen MR) is 52.3 cm³/mol. The second-order valence-corrected chi connectivity index (χ2v) is 3.77. The quantitative estimate of drug-likeness (QED) is 0.646. The van der Waals surface area contributed by atoms with Crippen molar-refractivity contribution in [2.24, 2.45) is 0 Å². The average Bonchev–Trinajstić information content (AvgIpc) is 2.50. The summed E-state index contributed by atoms with van der Waals surface area (Å²) in [5.41, 5.74) is 3.57. The molecule has 0 aliphatic rings. The van der Waals surface area contributed by atoms with Crippen LogP contribution >= 0.6 is 11.3 Å². The molecular formula is C10H12BrNS. The highest BCUT2D eigenvalue weighted by atomic mass is 79.9. The van der Waals surface area contributed by atoms with Crippen LogP contribution in [0.5, 0.6) is 0 Å². The molecule has 0 atom stereocenters. The lowest BCUT2D eigenvalue weighted by Gasteiger charge is -1.88. The summed E-state index contributed by atoms with van der Waals surface area (Å²) in [6.07, 6.45) is 1.20. The minimum Gasteiger partial charge on any atom is -1.00 e. The lowest BCUT2D eigenvalue weighted by molar-refractivity contribution is -0.667. The van der Waals surface area contributed by atoms with E-state index in [9.17, 15) is 0 Å². The van der Waals surface area contributed by atoms with Crippen LogP contribution in [-0.4, -0.2) is 0 Å².